The van der Waals surface area contributed by atoms with Gasteiger partial charge in [-0.1, -0.05) is 0 Å². The Morgan fingerprint density at radius 1 is 1.60 bits per heavy atom. The van der Waals surface area contributed by atoms with Crippen molar-refractivity contribution in [3.05, 3.63) is 0 Å². The van der Waals surface area contributed by atoms with E-state index in [0.29, 0.717) is 0 Å². The van der Waals surface area contributed by atoms with Crippen LogP contribution in [-0.4, -0.2) is 0 Å². The van der Waals surface area contributed by atoms with Crippen molar-refractivity contribution >= 4 is 0 Å². The Labute approximate surface area is 41.3 Å². The van der Waals surface area contributed by atoms with Crippen molar-refractivity contribution < 1.29 is 15.5 Å². The van der Waals surface area contributed by atoms with E-state index in [4.69, 9.17) is 0 Å². The standard InChI is InChI=1S/C4H9.Ni/c1-4(2)3;/h4H,1H2,2-3H3;. The minimum atomic E-state index is 0.718. The summed E-state index contributed by atoms with van der Waals surface area (Å²) in [5.41, 5.74) is 0. The van der Waals surface area contributed by atoms with Gasteiger partial charge in [0.25, 0.3) is 0 Å². The van der Waals surface area contributed by atoms with Crippen LogP contribution in [0.2, 0.25) is 5.39 Å². The van der Waals surface area contributed by atoms with Gasteiger partial charge in [0, 0.05) is 0 Å². The van der Waals surface area contributed by atoms with Crippen molar-refractivity contribution in [3.8, 4) is 0 Å². The molecule has 0 aromatic heterocycles. The van der Waals surface area contributed by atoms with Gasteiger partial charge in [-0.15, -0.1) is 0 Å². The van der Waals surface area contributed by atoms with E-state index >= 15 is 0 Å². The summed E-state index contributed by atoms with van der Waals surface area (Å²) in [4.78, 5) is 0. The molecular formula is C4H9Ni. The van der Waals surface area contributed by atoms with E-state index in [1.807, 2.05) is 0 Å². The van der Waals surface area contributed by atoms with Gasteiger partial charge in [-0.3, -0.25) is 0 Å². The molecule has 0 aromatic carbocycles. The fourth-order valence-electron chi connectivity index (χ4n) is 0. The fraction of sp³-hybridized carbons (Fsp3) is 1.00. The van der Waals surface area contributed by atoms with Gasteiger partial charge in [-0.25, -0.2) is 0 Å². The molecule has 0 amide bonds. The fourth-order valence-corrected chi connectivity index (χ4v) is 0. The van der Waals surface area contributed by atoms with Gasteiger partial charge in [0.15, 0.2) is 0 Å². The summed E-state index contributed by atoms with van der Waals surface area (Å²) in [6, 6.07) is 0. The zero-order valence-corrected chi connectivity index (χ0v) is 4.59. The molecular weight excluding hydrogens is 107 g/mol. The Balaban J connectivity index is 2.54. The zero-order valence-electron chi connectivity index (χ0n) is 3.60. The third kappa shape index (κ3) is 4.49. The predicted molar refractivity (Wildman–Crippen MR) is 19.6 cm³/mol. The van der Waals surface area contributed by atoms with Crippen molar-refractivity contribution in [1.82, 2.24) is 0 Å². The van der Waals surface area contributed by atoms with Crippen molar-refractivity contribution in [2.24, 2.45) is 5.92 Å². The molecule has 0 rings (SSSR count). The Bertz CT molecular complexity index is 17.6. The average molecular weight is 116 g/mol. The van der Waals surface area contributed by atoms with Crippen LogP contribution in [0, 0.1) is 5.92 Å². The molecule has 0 aliphatic rings. The summed E-state index contributed by atoms with van der Waals surface area (Å²) < 4.78 is 0. The molecule has 0 atom stereocenters. The second kappa shape index (κ2) is 2.72. The molecule has 0 radical (unpaired) electrons. The second-order valence-corrected chi connectivity index (χ2v) is 1.93. The molecule has 0 fully saturated rings. The van der Waals surface area contributed by atoms with Gasteiger partial charge < -0.3 is 0 Å². The predicted octanol–water partition coefficient (Wildman–Crippen LogP) is 1.61. The normalized spacial score (nSPS) is 9.80. The maximum atomic E-state index is 4.43. The van der Waals surface area contributed by atoms with Crippen molar-refractivity contribution in [3.63, 3.8) is 0 Å². The molecule has 0 heterocycles. The number of hydrogen-bond donors (Lipinski definition) is 0. The first kappa shape index (κ1) is 5.49. The first-order chi connectivity index (χ1) is 2.27. The SMILES string of the molecule is CC(C)[CH2][Ni]. The summed E-state index contributed by atoms with van der Waals surface area (Å²) in [7, 11) is 0. The van der Waals surface area contributed by atoms with E-state index in [9.17, 15) is 0 Å². The molecule has 0 spiro atoms. The van der Waals surface area contributed by atoms with Gasteiger partial charge in [0.1, 0.15) is 0 Å². The van der Waals surface area contributed by atoms with E-state index in [2.05, 4.69) is 29.3 Å². The number of rotatable bonds is 1. The molecule has 0 aliphatic heterocycles. The first-order valence-electron chi connectivity index (χ1n) is 1.79. The Morgan fingerprint density at radius 2 is 1.80 bits per heavy atom. The summed E-state index contributed by atoms with van der Waals surface area (Å²) in [5, 5.41) is 0.931. The van der Waals surface area contributed by atoms with Crippen LogP contribution in [0.4, 0.5) is 0 Å². The monoisotopic (exact) mass is 115 g/mol. The van der Waals surface area contributed by atoms with Crippen molar-refractivity contribution in [2.45, 2.75) is 19.2 Å². The van der Waals surface area contributed by atoms with Crippen LogP contribution in [-0.2, 0) is 15.5 Å². The topological polar surface area (TPSA) is 0 Å². The van der Waals surface area contributed by atoms with Crippen molar-refractivity contribution in [1.29, 1.82) is 0 Å². The molecule has 0 saturated carbocycles. The molecule has 0 nitrogen and oxygen atoms in total. The average Bonchev–Trinajstić information content (AvgIpc) is 1.38. The molecule has 1 heteroatoms. The molecule has 0 unspecified atom stereocenters. The summed E-state index contributed by atoms with van der Waals surface area (Å²) >= 11 is 4.43. The maximum absolute atomic E-state index is 4.43. The van der Waals surface area contributed by atoms with Crippen LogP contribution < -0.4 is 0 Å². The molecule has 0 aromatic rings. The van der Waals surface area contributed by atoms with Crippen LogP contribution in [0.15, 0.2) is 0 Å². The molecule has 0 aliphatic carbocycles. The van der Waals surface area contributed by atoms with E-state index < -0.39 is 0 Å². The first-order valence-corrected chi connectivity index (χ1v) is 2.48. The summed E-state index contributed by atoms with van der Waals surface area (Å²) in [5.74, 6) is 0.718. The molecule has 0 saturated heterocycles. The third-order valence-corrected chi connectivity index (χ3v) is 1.06. The molecule has 0 bridgehead atoms. The van der Waals surface area contributed by atoms with Crippen LogP contribution in [0.3, 0.4) is 0 Å². The van der Waals surface area contributed by atoms with Gasteiger partial charge in [-0.05, 0) is 0 Å². The zero-order chi connectivity index (χ0) is 4.28. The minimum absolute atomic E-state index is 0.718. The Kier molecular flexibility index (Phi) is 2.98. The quantitative estimate of drug-likeness (QED) is 0.456. The van der Waals surface area contributed by atoms with Crippen LogP contribution in [0.25, 0.3) is 0 Å². The molecule has 35 valence electrons. The van der Waals surface area contributed by atoms with Gasteiger partial charge in [0.2, 0.25) is 0 Å². The Hall–Kier alpha value is 0.494. The third-order valence-electron chi connectivity index (χ3n) is 0.258. The van der Waals surface area contributed by atoms with Gasteiger partial charge in [-0.2, -0.15) is 0 Å². The van der Waals surface area contributed by atoms with E-state index in [0.717, 1.165) is 11.3 Å². The molecule has 0 N–H and O–H groups in total. The molecule has 5 heavy (non-hydrogen) atoms. The van der Waals surface area contributed by atoms with Crippen molar-refractivity contribution in [2.75, 3.05) is 0 Å². The summed E-state index contributed by atoms with van der Waals surface area (Å²) in [6.45, 7) is 4.26. The van der Waals surface area contributed by atoms with E-state index in [1.165, 1.54) is 0 Å². The number of hydrogen-bond acceptors (Lipinski definition) is 0. The van der Waals surface area contributed by atoms with Crippen LogP contribution in [0.1, 0.15) is 13.8 Å². The Morgan fingerprint density at radius 3 is 1.80 bits per heavy atom. The van der Waals surface area contributed by atoms with Gasteiger partial charge in [0.05, 0.1) is 0 Å². The van der Waals surface area contributed by atoms with Crippen LogP contribution in [0.5, 0.6) is 0 Å². The summed E-state index contributed by atoms with van der Waals surface area (Å²) in [6.07, 6.45) is 0. The second-order valence-electron chi connectivity index (χ2n) is 1.52. The van der Waals surface area contributed by atoms with Gasteiger partial charge >= 0.3 is 40.6 Å². The van der Waals surface area contributed by atoms with E-state index in [1.54, 1.807) is 0 Å². The van der Waals surface area contributed by atoms with Crippen LogP contribution >= 0.6 is 0 Å². The van der Waals surface area contributed by atoms with E-state index in [-0.39, 0.29) is 0 Å².